The molecule has 1 aliphatic heterocycles. The van der Waals surface area contributed by atoms with Gasteiger partial charge in [0.05, 0.1) is 0 Å². The summed E-state index contributed by atoms with van der Waals surface area (Å²) in [6.07, 6.45) is 3.24. The Morgan fingerprint density at radius 1 is 1.21 bits per heavy atom. The van der Waals surface area contributed by atoms with E-state index in [0.29, 0.717) is 24.4 Å². The Morgan fingerprint density at radius 3 is 2.75 bits per heavy atom. The number of carbonyl (C=O) groups is 1. The van der Waals surface area contributed by atoms with Crippen molar-refractivity contribution in [3.8, 4) is 11.3 Å². The topological polar surface area (TPSA) is 84.2 Å². The fourth-order valence-electron chi connectivity index (χ4n) is 3.47. The highest BCUT2D eigenvalue weighted by Gasteiger charge is 2.20. The fraction of sp³-hybridized carbons (Fsp3) is 0.429. The van der Waals surface area contributed by atoms with E-state index in [1.165, 1.54) is 5.56 Å². The van der Waals surface area contributed by atoms with Gasteiger partial charge in [-0.2, -0.15) is 0 Å². The molecule has 1 N–H and O–H groups in total. The third-order valence-corrected chi connectivity index (χ3v) is 5.07. The van der Waals surface area contributed by atoms with E-state index in [9.17, 15) is 4.79 Å². The Kier molecular flexibility index (Phi) is 5.23. The van der Waals surface area contributed by atoms with Crippen LogP contribution in [-0.4, -0.2) is 45.6 Å². The minimum Gasteiger partial charge on any atom is -0.367 e. The molecule has 3 aromatic rings. The van der Waals surface area contributed by atoms with Gasteiger partial charge in [-0.15, -0.1) is 0 Å². The Morgan fingerprint density at radius 2 is 2.04 bits per heavy atom. The minimum atomic E-state index is 0.260. The highest BCUT2D eigenvalue weighted by atomic mass is 16.5. The lowest BCUT2D eigenvalue weighted by Gasteiger charge is -2.15. The molecule has 7 heteroatoms. The lowest BCUT2D eigenvalue weighted by Crippen LogP contribution is -2.27. The van der Waals surface area contributed by atoms with Crippen LogP contribution in [0.15, 0.2) is 28.8 Å². The molecule has 1 aliphatic rings. The van der Waals surface area contributed by atoms with Crippen LogP contribution in [0.4, 0.5) is 5.82 Å². The first kappa shape index (κ1) is 18.4. The van der Waals surface area contributed by atoms with Crippen LogP contribution in [-0.2, 0) is 11.2 Å². The number of hydrogen-bond donors (Lipinski definition) is 1. The van der Waals surface area contributed by atoms with Gasteiger partial charge in [0.25, 0.3) is 0 Å². The summed E-state index contributed by atoms with van der Waals surface area (Å²) in [5.74, 6) is 1.68. The summed E-state index contributed by atoms with van der Waals surface area (Å²) in [5.41, 5.74) is 4.21. The van der Waals surface area contributed by atoms with Crippen LogP contribution in [0.2, 0.25) is 0 Å². The third kappa shape index (κ3) is 3.69. The van der Waals surface area contributed by atoms with Crippen molar-refractivity contribution < 1.29 is 9.32 Å². The van der Waals surface area contributed by atoms with Gasteiger partial charge < -0.3 is 14.7 Å². The van der Waals surface area contributed by atoms with Crippen LogP contribution in [0.1, 0.15) is 37.6 Å². The van der Waals surface area contributed by atoms with E-state index in [-0.39, 0.29) is 5.91 Å². The minimum absolute atomic E-state index is 0.260. The number of anilines is 1. The second-order valence-corrected chi connectivity index (χ2v) is 7.18. The second-order valence-electron chi connectivity index (χ2n) is 7.18. The number of nitrogens with one attached hydrogen (secondary N) is 1. The standard InChI is InChI=1S/C21H25N5O2/c1-3-16-23-19-18(15-9-7-14(2)8-10-15)25-28-20(19)21(24-16)22-11-5-13-26-12-4-6-17(26)27/h7-10H,3-6,11-13H2,1-2H3,(H,22,23,24). The van der Waals surface area contributed by atoms with Crippen molar-refractivity contribution in [3.05, 3.63) is 35.7 Å². The number of amides is 1. The zero-order valence-corrected chi connectivity index (χ0v) is 16.4. The van der Waals surface area contributed by atoms with Crippen LogP contribution < -0.4 is 5.32 Å². The summed E-state index contributed by atoms with van der Waals surface area (Å²) in [7, 11) is 0. The second kappa shape index (κ2) is 7.96. The number of carbonyl (C=O) groups excluding carboxylic acids is 1. The van der Waals surface area contributed by atoms with Crippen molar-refractivity contribution in [2.45, 2.75) is 39.5 Å². The quantitative estimate of drug-likeness (QED) is 0.632. The molecule has 7 nitrogen and oxygen atoms in total. The maximum atomic E-state index is 11.7. The highest BCUT2D eigenvalue weighted by molar-refractivity contribution is 5.93. The molecule has 3 heterocycles. The van der Waals surface area contributed by atoms with E-state index in [4.69, 9.17) is 4.52 Å². The first-order valence-corrected chi connectivity index (χ1v) is 9.90. The number of aromatic nitrogens is 3. The number of rotatable bonds is 7. The van der Waals surface area contributed by atoms with E-state index in [1.807, 2.05) is 24.0 Å². The molecule has 0 unspecified atom stereocenters. The normalized spacial score (nSPS) is 14.2. The molecule has 0 aliphatic carbocycles. The van der Waals surface area contributed by atoms with Gasteiger partial charge in [0.2, 0.25) is 11.5 Å². The molecule has 1 fully saturated rings. The van der Waals surface area contributed by atoms with Crippen LogP contribution in [0.5, 0.6) is 0 Å². The van der Waals surface area contributed by atoms with Gasteiger partial charge in [-0.1, -0.05) is 41.9 Å². The molecule has 146 valence electrons. The molecule has 0 atom stereocenters. The molecule has 4 rings (SSSR count). The lowest BCUT2D eigenvalue weighted by molar-refractivity contribution is -0.127. The van der Waals surface area contributed by atoms with Gasteiger partial charge in [0.1, 0.15) is 17.0 Å². The molecule has 0 saturated carbocycles. The molecule has 1 amide bonds. The zero-order valence-electron chi connectivity index (χ0n) is 16.4. The summed E-state index contributed by atoms with van der Waals surface area (Å²) in [5, 5.41) is 7.61. The predicted octanol–water partition coefficient (Wildman–Crippen LogP) is 3.58. The van der Waals surface area contributed by atoms with Crippen LogP contribution in [0.3, 0.4) is 0 Å². The van der Waals surface area contributed by atoms with Crippen molar-refractivity contribution in [2.75, 3.05) is 25.0 Å². The number of hydrogen-bond acceptors (Lipinski definition) is 6. The summed E-state index contributed by atoms with van der Waals surface area (Å²) in [6, 6.07) is 8.16. The molecule has 0 radical (unpaired) electrons. The number of nitrogens with zero attached hydrogens (tertiary/aromatic N) is 4. The van der Waals surface area contributed by atoms with Crippen LogP contribution in [0, 0.1) is 6.92 Å². The average molecular weight is 379 g/mol. The van der Waals surface area contributed by atoms with Crippen LogP contribution in [0.25, 0.3) is 22.4 Å². The molecular formula is C21H25N5O2. The number of benzene rings is 1. The number of fused-ring (bicyclic) bond motifs is 1. The Balaban J connectivity index is 1.54. The van der Waals surface area contributed by atoms with Gasteiger partial charge in [0, 0.05) is 38.0 Å². The molecular weight excluding hydrogens is 354 g/mol. The molecule has 28 heavy (non-hydrogen) atoms. The van der Waals surface area contributed by atoms with Crippen molar-refractivity contribution in [1.29, 1.82) is 0 Å². The fourth-order valence-corrected chi connectivity index (χ4v) is 3.47. The Labute approximate surface area is 164 Å². The summed E-state index contributed by atoms with van der Waals surface area (Å²) < 4.78 is 5.61. The van der Waals surface area contributed by atoms with Crippen molar-refractivity contribution in [1.82, 2.24) is 20.0 Å². The van der Waals surface area contributed by atoms with E-state index < -0.39 is 0 Å². The van der Waals surface area contributed by atoms with Gasteiger partial charge in [-0.3, -0.25) is 4.79 Å². The first-order chi connectivity index (χ1) is 13.7. The largest absolute Gasteiger partial charge is 0.367 e. The average Bonchev–Trinajstić information content (AvgIpc) is 3.32. The number of likely N-dealkylation sites (tertiary alicyclic amines) is 1. The van der Waals surface area contributed by atoms with E-state index in [0.717, 1.165) is 55.0 Å². The summed E-state index contributed by atoms with van der Waals surface area (Å²) in [4.78, 5) is 22.9. The summed E-state index contributed by atoms with van der Waals surface area (Å²) >= 11 is 0. The maximum absolute atomic E-state index is 11.7. The van der Waals surface area contributed by atoms with Crippen molar-refractivity contribution in [2.24, 2.45) is 0 Å². The molecule has 1 saturated heterocycles. The highest BCUT2D eigenvalue weighted by Crippen LogP contribution is 2.30. The molecule has 0 bridgehead atoms. The van der Waals surface area contributed by atoms with Crippen LogP contribution >= 0.6 is 0 Å². The van der Waals surface area contributed by atoms with Gasteiger partial charge in [0.15, 0.2) is 5.82 Å². The zero-order chi connectivity index (χ0) is 19.5. The molecule has 2 aromatic heterocycles. The van der Waals surface area contributed by atoms with Crippen molar-refractivity contribution in [3.63, 3.8) is 0 Å². The van der Waals surface area contributed by atoms with Gasteiger partial charge in [-0.05, 0) is 19.8 Å². The van der Waals surface area contributed by atoms with Crippen molar-refractivity contribution >= 4 is 22.8 Å². The predicted molar refractivity (Wildman–Crippen MR) is 108 cm³/mol. The third-order valence-electron chi connectivity index (χ3n) is 5.07. The maximum Gasteiger partial charge on any atom is 0.228 e. The van der Waals surface area contributed by atoms with Gasteiger partial charge >= 0.3 is 0 Å². The first-order valence-electron chi connectivity index (χ1n) is 9.90. The Bertz CT molecular complexity index is 980. The van der Waals surface area contributed by atoms with Gasteiger partial charge in [-0.25, -0.2) is 9.97 Å². The van der Waals surface area contributed by atoms with E-state index in [2.05, 4.69) is 39.5 Å². The van der Waals surface area contributed by atoms with E-state index in [1.54, 1.807) is 0 Å². The molecule has 1 aromatic carbocycles. The van der Waals surface area contributed by atoms with E-state index >= 15 is 0 Å². The summed E-state index contributed by atoms with van der Waals surface area (Å²) in [6.45, 7) is 6.44. The lowest BCUT2D eigenvalue weighted by atomic mass is 10.1. The number of aryl methyl sites for hydroxylation is 2. The molecule has 0 spiro atoms. The SMILES string of the molecule is CCc1nc(NCCCN2CCCC2=O)c2onc(-c3ccc(C)cc3)c2n1. The monoisotopic (exact) mass is 379 g/mol. The Hall–Kier alpha value is -2.96. The smallest absolute Gasteiger partial charge is 0.228 e.